The summed E-state index contributed by atoms with van der Waals surface area (Å²) in [7, 11) is 0. The average molecular weight is 284 g/mol. The molecule has 0 aromatic heterocycles. The Hall–Kier alpha value is -1.85. The molecule has 6 heteroatoms. The number of nitrogens with one attached hydrogen (secondary N) is 2. The molecule has 0 atom stereocenters. The lowest BCUT2D eigenvalue weighted by atomic mass is 10.1. The van der Waals surface area contributed by atoms with Gasteiger partial charge >= 0.3 is 5.97 Å². The zero-order valence-electron chi connectivity index (χ0n) is 13.0. The lowest BCUT2D eigenvalue weighted by Crippen LogP contribution is -2.41. The van der Waals surface area contributed by atoms with Crippen molar-refractivity contribution in [1.82, 2.24) is 10.6 Å². The monoisotopic (exact) mass is 284 g/mol. The summed E-state index contributed by atoms with van der Waals surface area (Å²) in [5.74, 6) is -2.24. The lowest BCUT2D eigenvalue weighted by Gasteiger charge is -2.21. The van der Waals surface area contributed by atoms with Gasteiger partial charge in [-0.3, -0.25) is 9.59 Å². The van der Waals surface area contributed by atoms with Gasteiger partial charge in [0.15, 0.2) is 0 Å². The minimum absolute atomic E-state index is 0.242. The van der Waals surface area contributed by atoms with Crippen LogP contribution in [0.4, 0.5) is 0 Å². The van der Waals surface area contributed by atoms with Crippen LogP contribution in [0, 0.1) is 0 Å². The van der Waals surface area contributed by atoms with E-state index in [0.29, 0.717) is 0 Å². The fourth-order valence-electron chi connectivity index (χ4n) is 1.39. The molecule has 0 saturated heterocycles. The van der Waals surface area contributed by atoms with Crippen LogP contribution in [0.1, 0.15) is 48.0 Å². The molecule has 0 aromatic carbocycles. The van der Waals surface area contributed by atoms with Crippen molar-refractivity contribution < 1.29 is 19.5 Å². The Labute approximate surface area is 119 Å². The normalized spacial score (nSPS) is 12.8. The Morgan fingerprint density at radius 3 is 1.75 bits per heavy atom. The molecule has 0 aromatic rings. The van der Waals surface area contributed by atoms with Crippen LogP contribution >= 0.6 is 0 Å². The zero-order chi connectivity index (χ0) is 16.1. The first kappa shape index (κ1) is 18.1. The number of carbonyl (C=O) groups excluding carboxylic acids is 2. The number of carbonyl (C=O) groups is 3. The van der Waals surface area contributed by atoms with E-state index in [1.165, 1.54) is 0 Å². The third-order valence-electron chi connectivity index (χ3n) is 1.94. The quantitative estimate of drug-likeness (QED) is 0.676. The van der Waals surface area contributed by atoms with Crippen molar-refractivity contribution in [3.63, 3.8) is 0 Å². The molecule has 0 fully saturated rings. The predicted molar refractivity (Wildman–Crippen MR) is 76.1 cm³/mol. The second-order valence-corrected chi connectivity index (χ2v) is 6.69. The SMILES string of the molecule is CC(C)(C)NC(=O)/C=C(/CC(=O)NC(C)(C)C)C(=O)O. The number of hydrogen-bond acceptors (Lipinski definition) is 3. The number of carboxylic acid groups (broad SMARTS) is 1. The maximum atomic E-state index is 11.7. The smallest absolute Gasteiger partial charge is 0.332 e. The highest BCUT2D eigenvalue weighted by molar-refractivity contribution is 6.01. The van der Waals surface area contributed by atoms with Gasteiger partial charge in [0.1, 0.15) is 0 Å². The largest absolute Gasteiger partial charge is 0.478 e. The highest BCUT2D eigenvalue weighted by Crippen LogP contribution is 2.06. The van der Waals surface area contributed by atoms with E-state index in [4.69, 9.17) is 5.11 Å². The Morgan fingerprint density at radius 1 is 0.950 bits per heavy atom. The van der Waals surface area contributed by atoms with Crippen LogP contribution in [0.3, 0.4) is 0 Å². The molecular weight excluding hydrogens is 260 g/mol. The maximum absolute atomic E-state index is 11.7. The third kappa shape index (κ3) is 9.13. The van der Waals surface area contributed by atoms with E-state index < -0.39 is 28.9 Å². The first-order valence-corrected chi connectivity index (χ1v) is 6.37. The van der Waals surface area contributed by atoms with E-state index in [0.717, 1.165) is 6.08 Å². The van der Waals surface area contributed by atoms with E-state index in [1.807, 2.05) is 0 Å². The zero-order valence-corrected chi connectivity index (χ0v) is 13.0. The number of amides is 2. The van der Waals surface area contributed by atoms with Gasteiger partial charge in [-0.25, -0.2) is 4.79 Å². The molecule has 0 aliphatic carbocycles. The van der Waals surface area contributed by atoms with Gasteiger partial charge < -0.3 is 15.7 Å². The first-order valence-electron chi connectivity index (χ1n) is 6.37. The Morgan fingerprint density at radius 2 is 1.40 bits per heavy atom. The van der Waals surface area contributed by atoms with Gasteiger partial charge in [-0.1, -0.05) is 0 Å². The number of hydrogen-bond donors (Lipinski definition) is 3. The summed E-state index contributed by atoms with van der Waals surface area (Å²) in [5.41, 5.74) is -1.16. The minimum atomic E-state index is -1.28. The summed E-state index contributed by atoms with van der Waals surface area (Å²) in [5, 5.41) is 14.3. The molecule has 0 aliphatic rings. The number of carboxylic acids is 1. The predicted octanol–water partition coefficient (Wildman–Crippen LogP) is 1.22. The highest BCUT2D eigenvalue weighted by atomic mass is 16.4. The Bertz CT molecular complexity index is 425. The van der Waals surface area contributed by atoms with Crippen LogP contribution in [0.25, 0.3) is 0 Å². The van der Waals surface area contributed by atoms with Gasteiger partial charge in [0.2, 0.25) is 11.8 Å². The van der Waals surface area contributed by atoms with Crippen LogP contribution in [-0.2, 0) is 14.4 Å². The van der Waals surface area contributed by atoms with Crippen molar-refractivity contribution in [1.29, 1.82) is 0 Å². The highest BCUT2D eigenvalue weighted by Gasteiger charge is 2.20. The molecule has 20 heavy (non-hydrogen) atoms. The van der Waals surface area contributed by atoms with Crippen LogP contribution < -0.4 is 10.6 Å². The standard InChI is InChI=1S/C14H24N2O4/c1-13(2,3)15-10(17)7-9(12(19)20)8-11(18)16-14(4,5)6/h7H,8H2,1-6H3,(H,15,17)(H,16,18)(H,19,20)/b9-7-. The summed E-state index contributed by atoms with van der Waals surface area (Å²) in [6.07, 6.45) is 0.611. The lowest BCUT2D eigenvalue weighted by molar-refractivity contribution is -0.134. The minimum Gasteiger partial charge on any atom is -0.478 e. The maximum Gasteiger partial charge on any atom is 0.332 e. The Kier molecular flexibility index (Phi) is 5.94. The summed E-state index contributed by atoms with van der Waals surface area (Å²) in [4.78, 5) is 34.4. The van der Waals surface area contributed by atoms with E-state index in [-0.39, 0.29) is 12.0 Å². The van der Waals surface area contributed by atoms with E-state index in [2.05, 4.69) is 10.6 Å². The molecule has 0 unspecified atom stereocenters. The Balaban J connectivity index is 4.87. The van der Waals surface area contributed by atoms with Gasteiger partial charge in [-0.2, -0.15) is 0 Å². The van der Waals surface area contributed by atoms with Gasteiger partial charge in [0, 0.05) is 17.2 Å². The first-order chi connectivity index (χ1) is 8.80. The molecule has 6 nitrogen and oxygen atoms in total. The average Bonchev–Trinajstić information content (AvgIpc) is 2.09. The van der Waals surface area contributed by atoms with Gasteiger partial charge in [-0.05, 0) is 41.5 Å². The van der Waals surface area contributed by atoms with Crippen molar-refractivity contribution in [2.24, 2.45) is 0 Å². The topological polar surface area (TPSA) is 95.5 Å². The molecule has 114 valence electrons. The second kappa shape index (κ2) is 6.54. The molecular formula is C14H24N2O4. The van der Waals surface area contributed by atoms with Crippen molar-refractivity contribution in [3.05, 3.63) is 11.6 Å². The van der Waals surface area contributed by atoms with Crippen molar-refractivity contribution in [2.75, 3.05) is 0 Å². The van der Waals surface area contributed by atoms with E-state index >= 15 is 0 Å². The summed E-state index contributed by atoms with van der Waals surface area (Å²) < 4.78 is 0. The van der Waals surface area contributed by atoms with Crippen LogP contribution in [0.2, 0.25) is 0 Å². The molecule has 0 rings (SSSR count). The van der Waals surface area contributed by atoms with Gasteiger partial charge in [0.25, 0.3) is 0 Å². The van der Waals surface area contributed by atoms with Gasteiger partial charge in [-0.15, -0.1) is 0 Å². The molecule has 0 spiro atoms. The number of rotatable bonds is 4. The summed E-state index contributed by atoms with van der Waals surface area (Å²) in [6, 6.07) is 0. The fraction of sp³-hybridized carbons (Fsp3) is 0.643. The molecule has 0 radical (unpaired) electrons. The molecule has 2 amide bonds. The van der Waals surface area contributed by atoms with Crippen LogP contribution in [0.5, 0.6) is 0 Å². The van der Waals surface area contributed by atoms with Crippen LogP contribution in [0.15, 0.2) is 11.6 Å². The molecule has 0 heterocycles. The molecule has 0 saturated carbocycles. The second-order valence-electron chi connectivity index (χ2n) is 6.69. The molecule has 0 bridgehead atoms. The number of aliphatic carboxylic acids is 1. The van der Waals surface area contributed by atoms with E-state index in [9.17, 15) is 14.4 Å². The molecule has 3 N–H and O–H groups in total. The molecule has 0 aliphatic heterocycles. The van der Waals surface area contributed by atoms with Crippen LogP contribution in [-0.4, -0.2) is 34.0 Å². The van der Waals surface area contributed by atoms with Crippen molar-refractivity contribution in [2.45, 2.75) is 59.0 Å². The summed E-state index contributed by atoms with van der Waals surface area (Å²) in [6.45, 7) is 10.7. The van der Waals surface area contributed by atoms with Gasteiger partial charge in [0.05, 0.1) is 12.0 Å². The third-order valence-corrected chi connectivity index (χ3v) is 1.94. The summed E-state index contributed by atoms with van der Waals surface area (Å²) >= 11 is 0. The fourth-order valence-corrected chi connectivity index (χ4v) is 1.39. The van der Waals surface area contributed by atoms with Crippen molar-refractivity contribution in [3.8, 4) is 0 Å². The van der Waals surface area contributed by atoms with Crippen molar-refractivity contribution >= 4 is 17.8 Å². The van der Waals surface area contributed by atoms with E-state index in [1.54, 1.807) is 41.5 Å².